The standard InChI is InChI=1S/C17H32N2O2/c1-3-4-5-6-13-21-17(20)15-7-12-19(14-15)16-8-10-18(2)11-9-16/h15-16H,3-14H2,1-2H3. The van der Waals surface area contributed by atoms with Crippen LogP contribution in [-0.4, -0.2) is 61.6 Å². The highest BCUT2D eigenvalue weighted by atomic mass is 16.5. The Morgan fingerprint density at radius 2 is 1.86 bits per heavy atom. The van der Waals surface area contributed by atoms with Crippen molar-refractivity contribution in [3.05, 3.63) is 0 Å². The normalized spacial score (nSPS) is 25.3. The number of piperidine rings is 1. The molecule has 2 rings (SSSR count). The van der Waals surface area contributed by atoms with Crippen molar-refractivity contribution >= 4 is 5.97 Å². The predicted molar refractivity (Wildman–Crippen MR) is 85.3 cm³/mol. The zero-order chi connectivity index (χ0) is 15.1. The van der Waals surface area contributed by atoms with E-state index >= 15 is 0 Å². The van der Waals surface area contributed by atoms with Crippen LogP contribution in [0.5, 0.6) is 0 Å². The van der Waals surface area contributed by atoms with Crippen LogP contribution >= 0.6 is 0 Å². The molecule has 0 amide bonds. The van der Waals surface area contributed by atoms with Crippen LogP contribution in [0.2, 0.25) is 0 Å². The maximum atomic E-state index is 12.1. The molecule has 0 aromatic rings. The molecule has 0 spiro atoms. The first-order chi connectivity index (χ1) is 10.2. The van der Waals surface area contributed by atoms with Crippen LogP contribution in [0.15, 0.2) is 0 Å². The fourth-order valence-electron chi connectivity index (χ4n) is 3.49. The van der Waals surface area contributed by atoms with Gasteiger partial charge in [0.2, 0.25) is 0 Å². The first kappa shape index (κ1) is 16.8. The fourth-order valence-corrected chi connectivity index (χ4v) is 3.49. The van der Waals surface area contributed by atoms with Crippen molar-refractivity contribution in [3.63, 3.8) is 0 Å². The number of rotatable bonds is 7. The van der Waals surface area contributed by atoms with Crippen LogP contribution in [0, 0.1) is 5.92 Å². The number of esters is 1. The highest BCUT2D eigenvalue weighted by molar-refractivity contribution is 5.73. The maximum absolute atomic E-state index is 12.1. The summed E-state index contributed by atoms with van der Waals surface area (Å²) in [5.41, 5.74) is 0. The molecule has 0 aromatic carbocycles. The molecule has 0 radical (unpaired) electrons. The van der Waals surface area contributed by atoms with Gasteiger partial charge in [0.05, 0.1) is 12.5 Å². The van der Waals surface area contributed by atoms with Crippen molar-refractivity contribution < 1.29 is 9.53 Å². The molecule has 122 valence electrons. The summed E-state index contributed by atoms with van der Waals surface area (Å²) in [6.07, 6.45) is 8.14. The minimum absolute atomic E-state index is 0.0434. The molecule has 4 heteroatoms. The van der Waals surface area contributed by atoms with Gasteiger partial charge in [0.25, 0.3) is 0 Å². The summed E-state index contributed by atoms with van der Waals surface area (Å²) >= 11 is 0. The Labute approximate surface area is 129 Å². The molecule has 1 unspecified atom stereocenters. The first-order valence-electron chi connectivity index (χ1n) is 8.80. The summed E-state index contributed by atoms with van der Waals surface area (Å²) in [5, 5.41) is 0. The van der Waals surface area contributed by atoms with Crippen LogP contribution in [0.1, 0.15) is 51.9 Å². The minimum atomic E-state index is 0.0434. The van der Waals surface area contributed by atoms with Gasteiger partial charge in [0, 0.05) is 12.6 Å². The highest BCUT2D eigenvalue weighted by Gasteiger charge is 2.34. The predicted octanol–water partition coefficient (Wildman–Crippen LogP) is 2.53. The van der Waals surface area contributed by atoms with E-state index in [1.807, 2.05) is 0 Å². The highest BCUT2D eigenvalue weighted by Crippen LogP contribution is 2.24. The van der Waals surface area contributed by atoms with Gasteiger partial charge >= 0.3 is 5.97 Å². The molecule has 0 bridgehead atoms. The second-order valence-electron chi connectivity index (χ2n) is 6.74. The second kappa shape index (κ2) is 8.74. The smallest absolute Gasteiger partial charge is 0.310 e. The zero-order valence-corrected chi connectivity index (χ0v) is 13.9. The monoisotopic (exact) mass is 296 g/mol. The van der Waals surface area contributed by atoms with Gasteiger partial charge in [-0.2, -0.15) is 0 Å². The number of hydrogen-bond donors (Lipinski definition) is 0. The number of carbonyl (C=O) groups is 1. The molecule has 0 aliphatic carbocycles. The summed E-state index contributed by atoms with van der Waals surface area (Å²) in [4.78, 5) is 17.0. The number of hydrogen-bond acceptors (Lipinski definition) is 4. The van der Waals surface area contributed by atoms with Gasteiger partial charge in [-0.25, -0.2) is 0 Å². The van der Waals surface area contributed by atoms with E-state index in [9.17, 15) is 4.79 Å². The average Bonchev–Trinajstić information content (AvgIpc) is 2.97. The molecule has 2 saturated heterocycles. The van der Waals surface area contributed by atoms with Crippen molar-refractivity contribution in [3.8, 4) is 0 Å². The van der Waals surface area contributed by atoms with Crippen LogP contribution in [0.3, 0.4) is 0 Å². The van der Waals surface area contributed by atoms with Gasteiger partial charge in [-0.05, 0) is 52.4 Å². The van der Waals surface area contributed by atoms with E-state index in [-0.39, 0.29) is 11.9 Å². The first-order valence-corrected chi connectivity index (χ1v) is 8.80. The Hall–Kier alpha value is -0.610. The molecule has 0 N–H and O–H groups in total. The van der Waals surface area contributed by atoms with Gasteiger partial charge in [-0.1, -0.05) is 26.2 Å². The fraction of sp³-hybridized carbons (Fsp3) is 0.941. The maximum Gasteiger partial charge on any atom is 0.310 e. The summed E-state index contributed by atoms with van der Waals surface area (Å²) < 4.78 is 5.45. The minimum Gasteiger partial charge on any atom is -0.465 e. The summed E-state index contributed by atoms with van der Waals surface area (Å²) in [6, 6.07) is 0.684. The molecule has 2 heterocycles. The molecule has 4 nitrogen and oxygen atoms in total. The molecule has 2 fully saturated rings. The summed E-state index contributed by atoms with van der Waals surface area (Å²) in [5.74, 6) is 0.165. The lowest BCUT2D eigenvalue weighted by atomic mass is 10.0. The largest absolute Gasteiger partial charge is 0.465 e. The molecular weight excluding hydrogens is 264 g/mol. The Morgan fingerprint density at radius 3 is 2.57 bits per heavy atom. The number of likely N-dealkylation sites (tertiary alicyclic amines) is 2. The molecular formula is C17H32N2O2. The van der Waals surface area contributed by atoms with Crippen molar-refractivity contribution in [1.29, 1.82) is 0 Å². The summed E-state index contributed by atoms with van der Waals surface area (Å²) in [6.45, 7) is 7.18. The van der Waals surface area contributed by atoms with Crippen LogP contribution in [0.25, 0.3) is 0 Å². The Kier molecular flexibility index (Phi) is 6.97. The van der Waals surface area contributed by atoms with E-state index in [2.05, 4.69) is 23.8 Å². The number of unbranched alkanes of at least 4 members (excludes halogenated alkanes) is 3. The molecule has 0 saturated carbocycles. The Morgan fingerprint density at radius 1 is 1.10 bits per heavy atom. The zero-order valence-electron chi connectivity index (χ0n) is 13.9. The van der Waals surface area contributed by atoms with Crippen LogP contribution in [-0.2, 0) is 9.53 Å². The molecule has 1 atom stereocenters. The van der Waals surface area contributed by atoms with E-state index in [1.165, 1.54) is 45.2 Å². The van der Waals surface area contributed by atoms with E-state index in [0.717, 1.165) is 25.9 Å². The summed E-state index contributed by atoms with van der Waals surface area (Å²) in [7, 11) is 2.19. The van der Waals surface area contributed by atoms with E-state index < -0.39 is 0 Å². The van der Waals surface area contributed by atoms with E-state index in [1.54, 1.807) is 0 Å². The van der Waals surface area contributed by atoms with Crippen LogP contribution < -0.4 is 0 Å². The van der Waals surface area contributed by atoms with Gasteiger partial charge in [-0.3, -0.25) is 9.69 Å². The molecule has 2 aliphatic rings. The van der Waals surface area contributed by atoms with Gasteiger partial charge in [0.15, 0.2) is 0 Å². The Bertz CT molecular complexity index is 314. The lowest BCUT2D eigenvalue weighted by Crippen LogP contribution is -2.43. The number of nitrogens with zero attached hydrogens (tertiary/aromatic N) is 2. The lowest BCUT2D eigenvalue weighted by molar-refractivity contribution is -0.148. The third-order valence-corrected chi connectivity index (χ3v) is 5.00. The van der Waals surface area contributed by atoms with Crippen LogP contribution in [0.4, 0.5) is 0 Å². The third-order valence-electron chi connectivity index (χ3n) is 5.00. The quantitative estimate of drug-likeness (QED) is 0.534. The van der Waals surface area contributed by atoms with Crippen molar-refractivity contribution in [1.82, 2.24) is 9.80 Å². The lowest BCUT2D eigenvalue weighted by Gasteiger charge is -2.35. The van der Waals surface area contributed by atoms with E-state index in [0.29, 0.717) is 12.6 Å². The molecule has 0 aromatic heterocycles. The van der Waals surface area contributed by atoms with Crippen molar-refractivity contribution in [2.24, 2.45) is 5.92 Å². The number of carbonyl (C=O) groups excluding carboxylic acids is 1. The second-order valence-corrected chi connectivity index (χ2v) is 6.74. The molecule has 2 aliphatic heterocycles. The average molecular weight is 296 g/mol. The van der Waals surface area contributed by atoms with Crippen molar-refractivity contribution in [2.45, 2.75) is 57.9 Å². The Balaban J connectivity index is 1.63. The van der Waals surface area contributed by atoms with Crippen molar-refractivity contribution in [2.75, 3.05) is 39.8 Å². The van der Waals surface area contributed by atoms with Gasteiger partial charge in [0.1, 0.15) is 0 Å². The SMILES string of the molecule is CCCCCCOC(=O)C1CCN(C2CCN(C)CC2)C1. The molecule has 21 heavy (non-hydrogen) atoms. The topological polar surface area (TPSA) is 32.8 Å². The van der Waals surface area contributed by atoms with E-state index in [4.69, 9.17) is 4.74 Å². The van der Waals surface area contributed by atoms with Gasteiger partial charge in [-0.15, -0.1) is 0 Å². The van der Waals surface area contributed by atoms with Gasteiger partial charge < -0.3 is 9.64 Å². The number of ether oxygens (including phenoxy) is 1. The third kappa shape index (κ3) is 5.26.